The average molecular weight is 286 g/mol. The molecule has 2 aromatic carbocycles. The third kappa shape index (κ3) is 5.42. The van der Waals surface area contributed by atoms with Crippen LogP contribution in [0.4, 0.5) is 0 Å². The molecule has 2 rings (SSSR count). The minimum absolute atomic E-state index is 0.305. The predicted molar refractivity (Wildman–Crippen MR) is 90.7 cm³/mol. The maximum atomic E-state index is 11.5. The molecule has 2 nitrogen and oxygen atoms in total. The lowest BCUT2D eigenvalue weighted by molar-refractivity contribution is 0.0601. The number of benzene rings is 2. The van der Waals surface area contributed by atoms with Crippen LogP contribution in [0.2, 0.25) is 0 Å². The van der Waals surface area contributed by atoms with Gasteiger partial charge in [0.2, 0.25) is 0 Å². The summed E-state index contributed by atoms with van der Waals surface area (Å²) in [4.78, 5) is 11.5. The first-order valence-corrected chi connectivity index (χ1v) is 7.47. The number of hydrogen-bond acceptors (Lipinski definition) is 2. The highest BCUT2D eigenvalue weighted by Gasteiger charge is 2.07. The SMILES string of the molecule is CC.CC.COC(=O)c1cccc(-c2ccccc2C)c1. The molecule has 0 bridgehead atoms. The second kappa shape index (κ2) is 10.7. The Morgan fingerprint density at radius 2 is 1.52 bits per heavy atom. The van der Waals surface area contributed by atoms with E-state index in [9.17, 15) is 4.79 Å². The van der Waals surface area contributed by atoms with Crippen molar-refractivity contribution in [3.8, 4) is 11.1 Å². The Labute approximate surface area is 128 Å². The van der Waals surface area contributed by atoms with Gasteiger partial charge in [-0.2, -0.15) is 0 Å². The molecule has 0 spiro atoms. The first kappa shape index (κ1) is 18.9. The van der Waals surface area contributed by atoms with Gasteiger partial charge < -0.3 is 4.74 Å². The van der Waals surface area contributed by atoms with Gasteiger partial charge in [0.15, 0.2) is 0 Å². The summed E-state index contributed by atoms with van der Waals surface area (Å²) in [5, 5.41) is 0. The fourth-order valence-corrected chi connectivity index (χ4v) is 1.83. The van der Waals surface area contributed by atoms with Crippen LogP contribution in [0.3, 0.4) is 0 Å². The van der Waals surface area contributed by atoms with Crippen molar-refractivity contribution >= 4 is 5.97 Å². The Kier molecular flexibility index (Phi) is 9.61. The molecule has 0 radical (unpaired) electrons. The minimum Gasteiger partial charge on any atom is -0.465 e. The summed E-state index contributed by atoms with van der Waals surface area (Å²) in [5.74, 6) is -0.305. The molecule has 0 saturated heterocycles. The molecule has 0 amide bonds. The molecule has 0 fully saturated rings. The van der Waals surface area contributed by atoms with Gasteiger partial charge in [-0.1, -0.05) is 64.1 Å². The summed E-state index contributed by atoms with van der Waals surface area (Å²) in [6.07, 6.45) is 0. The quantitative estimate of drug-likeness (QED) is 0.681. The van der Waals surface area contributed by atoms with Crippen molar-refractivity contribution in [2.24, 2.45) is 0 Å². The molecule has 0 aliphatic rings. The number of carbonyl (C=O) groups excluding carboxylic acids is 1. The number of hydrogen-bond donors (Lipinski definition) is 0. The third-order valence-electron chi connectivity index (χ3n) is 2.74. The number of esters is 1. The molecule has 114 valence electrons. The monoisotopic (exact) mass is 286 g/mol. The summed E-state index contributed by atoms with van der Waals surface area (Å²) in [6.45, 7) is 10.1. The van der Waals surface area contributed by atoms with Crippen LogP contribution in [0, 0.1) is 6.92 Å². The normalized spacial score (nSPS) is 8.67. The van der Waals surface area contributed by atoms with Crippen molar-refractivity contribution in [1.82, 2.24) is 0 Å². The molecule has 0 N–H and O–H groups in total. The van der Waals surface area contributed by atoms with Gasteiger partial charge in [-0.25, -0.2) is 4.79 Å². The van der Waals surface area contributed by atoms with Crippen molar-refractivity contribution in [2.45, 2.75) is 34.6 Å². The highest BCUT2D eigenvalue weighted by atomic mass is 16.5. The number of ether oxygens (including phenoxy) is 1. The first-order valence-electron chi connectivity index (χ1n) is 7.47. The topological polar surface area (TPSA) is 26.3 Å². The molecule has 0 aromatic heterocycles. The van der Waals surface area contributed by atoms with Crippen LogP contribution in [0.15, 0.2) is 48.5 Å². The van der Waals surface area contributed by atoms with Crippen molar-refractivity contribution < 1.29 is 9.53 Å². The van der Waals surface area contributed by atoms with Crippen molar-refractivity contribution in [1.29, 1.82) is 0 Å². The molecule has 2 heteroatoms. The summed E-state index contributed by atoms with van der Waals surface area (Å²) >= 11 is 0. The van der Waals surface area contributed by atoms with E-state index in [1.807, 2.05) is 64.1 Å². The maximum absolute atomic E-state index is 11.5. The van der Waals surface area contributed by atoms with Gasteiger partial charge in [0.1, 0.15) is 0 Å². The molecule has 2 aromatic rings. The van der Waals surface area contributed by atoms with Gasteiger partial charge in [-0.3, -0.25) is 0 Å². The van der Waals surface area contributed by atoms with E-state index < -0.39 is 0 Å². The second-order valence-corrected chi connectivity index (χ2v) is 3.89. The van der Waals surface area contributed by atoms with Crippen molar-refractivity contribution in [3.63, 3.8) is 0 Å². The standard InChI is InChI=1S/C15H14O2.2C2H6/c1-11-6-3-4-9-14(11)12-7-5-8-13(10-12)15(16)17-2;2*1-2/h3-10H,1-2H3;2*1-2H3. The lowest BCUT2D eigenvalue weighted by Crippen LogP contribution is -2.00. The molecule has 0 aliphatic carbocycles. The van der Waals surface area contributed by atoms with E-state index in [0.29, 0.717) is 5.56 Å². The Morgan fingerprint density at radius 3 is 2.10 bits per heavy atom. The highest BCUT2D eigenvalue weighted by Crippen LogP contribution is 2.23. The Bertz CT molecular complexity index is 545. The summed E-state index contributed by atoms with van der Waals surface area (Å²) in [7, 11) is 1.39. The van der Waals surface area contributed by atoms with E-state index in [0.717, 1.165) is 11.1 Å². The highest BCUT2D eigenvalue weighted by molar-refractivity contribution is 5.91. The Balaban J connectivity index is 0.000000921. The minimum atomic E-state index is -0.305. The van der Waals surface area contributed by atoms with E-state index >= 15 is 0 Å². The van der Waals surface area contributed by atoms with Gasteiger partial charge in [-0.05, 0) is 35.7 Å². The third-order valence-corrected chi connectivity index (χ3v) is 2.74. The average Bonchev–Trinajstić information content (AvgIpc) is 2.58. The van der Waals surface area contributed by atoms with E-state index in [1.165, 1.54) is 12.7 Å². The Hall–Kier alpha value is -2.09. The molecular formula is C19H26O2. The fourth-order valence-electron chi connectivity index (χ4n) is 1.83. The molecule has 0 atom stereocenters. The molecule has 0 aliphatic heterocycles. The van der Waals surface area contributed by atoms with E-state index in [1.54, 1.807) is 6.07 Å². The van der Waals surface area contributed by atoms with Crippen LogP contribution in [0.1, 0.15) is 43.6 Å². The number of aryl methyl sites for hydroxylation is 1. The molecule has 0 unspecified atom stereocenters. The second-order valence-electron chi connectivity index (χ2n) is 3.89. The van der Waals surface area contributed by atoms with Crippen LogP contribution in [0.25, 0.3) is 11.1 Å². The lowest BCUT2D eigenvalue weighted by atomic mass is 9.99. The molecule has 0 saturated carbocycles. The van der Waals surface area contributed by atoms with Crippen molar-refractivity contribution in [2.75, 3.05) is 7.11 Å². The molecular weight excluding hydrogens is 260 g/mol. The van der Waals surface area contributed by atoms with Crippen LogP contribution >= 0.6 is 0 Å². The summed E-state index contributed by atoms with van der Waals surface area (Å²) in [5.41, 5.74) is 3.94. The van der Waals surface area contributed by atoms with Crippen LogP contribution in [0.5, 0.6) is 0 Å². The zero-order valence-corrected chi connectivity index (χ0v) is 13.9. The van der Waals surface area contributed by atoms with E-state index in [4.69, 9.17) is 4.74 Å². The zero-order chi connectivity index (χ0) is 16.3. The fraction of sp³-hybridized carbons (Fsp3) is 0.316. The van der Waals surface area contributed by atoms with Gasteiger partial charge in [0, 0.05) is 0 Å². The summed E-state index contributed by atoms with van der Waals surface area (Å²) in [6, 6.07) is 15.6. The van der Waals surface area contributed by atoms with Crippen LogP contribution in [-0.2, 0) is 4.74 Å². The zero-order valence-electron chi connectivity index (χ0n) is 13.9. The predicted octanol–water partition coefficient (Wildman–Crippen LogP) is 5.50. The van der Waals surface area contributed by atoms with Gasteiger partial charge in [0.25, 0.3) is 0 Å². The van der Waals surface area contributed by atoms with E-state index in [2.05, 4.69) is 13.0 Å². The molecule has 0 heterocycles. The first-order chi connectivity index (χ1) is 10.2. The van der Waals surface area contributed by atoms with Gasteiger partial charge in [0.05, 0.1) is 12.7 Å². The van der Waals surface area contributed by atoms with Gasteiger partial charge in [-0.15, -0.1) is 0 Å². The van der Waals surface area contributed by atoms with Gasteiger partial charge >= 0.3 is 5.97 Å². The van der Waals surface area contributed by atoms with E-state index in [-0.39, 0.29) is 5.97 Å². The lowest BCUT2D eigenvalue weighted by Gasteiger charge is -2.07. The number of rotatable bonds is 2. The van der Waals surface area contributed by atoms with Crippen molar-refractivity contribution in [3.05, 3.63) is 59.7 Å². The largest absolute Gasteiger partial charge is 0.465 e. The molecule has 21 heavy (non-hydrogen) atoms. The number of methoxy groups -OCH3 is 1. The number of carbonyl (C=O) groups is 1. The van der Waals surface area contributed by atoms with Crippen LogP contribution in [-0.4, -0.2) is 13.1 Å². The van der Waals surface area contributed by atoms with Crippen LogP contribution < -0.4 is 0 Å². The maximum Gasteiger partial charge on any atom is 0.337 e. The smallest absolute Gasteiger partial charge is 0.337 e. The summed E-state index contributed by atoms with van der Waals surface area (Å²) < 4.78 is 4.72. The Morgan fingerprint density at radius 1 is 0.905 bits per heavy atom.